The standard InChI is InChI=1S/C28H30N2O3/c1-4-8-22-13-16-26(27(19-22)31-3)33-20-28-29-24-9-6-7-10-25(24)30(28)17-18-32-23-14-11-21(5-2)12-15-23/h4,6-7,9-16,19H,1,5,8,17-18,20H2,2-3H3. The van der Waals surface area contributed by atoms with E-state index in [0.29, 0.717) is 31.3 Å². The maximum atomic E-state index is 6.13. The van der Waals surface area contributed by atoms with Gasteiger partial charge in [0.15, 0.2) is 11.5 Å². The largest absolute Gasteiger partial charge is 0.493 e. The van der Waals surface area contributed by atoms with Crippen molar-refractivity contribution in [3.8, 4) is 17.2 Å². The SMILES string of the molecule is C=CCc1ccc(OCc2nc3ccccc3n2CCOc2ccc(CC)cc2)c(OC)c1. The molecule has 0 saturated heterocycles. The summed E-state index contributed by atoms with van der Waals surface area (Å²) in [6, 6.07) is 22.3. The number of imidazole rings is 1. The van der Waals surface area contributed by atoms with Crippen LogP contribution in [0.1, 0.15) is 23.9 Å². The summed E-state index contributed by atoms with van der Waals surface area (Å²) in [6.07, 6.45) is 3.68. The Morgan fingerprint density at radius 2 is 1.73 bits per heavy atom. The van der Waals surface area contributed by atoms with Crippen LogP contribution in [0.2, 0.25) is 0 Å². The van der Waals surface area contributed by atoms with Crippen molar-refractivity contribution in [1.82, 2.24) is 9.55 Å². The van der Waals surface area contributed by atoms with Crippen LogP contribution in [0.25, 0.3) is 11.0 Å². The highest BCUT2D eigenvalue weighted by atomic mass is 16.5. The zero-order chi connectivity index (χ0) is 23.0. The molecule has 4 aromatic rings. The molecular weight excluding hydrogens is 412 g/mol. The van der Waals surface area contributed by atoms with E-state index in [1.54, 1.807) is 7.11 Å². The molecular formula is C28H30N2O3. The molecule has 1 aromatic heterocycles. The molecule has 4 rings (SSSR count). The lowest BCUT2D eigenvalue weighted by Crippen LogP contribution is -2.13. The average Bonchev–Trinajstić information content (AvgIpc) is 3.21. The van der Waals surface area contributed by atoms with Gasteiger partial charge in [-0.3, -0.25) is 0 Å². The Kier molecular flexibility index (Phi) is 7.30. The van der Waals surface area contributed by atoms with Crippen LogP contribution in [0.5, 0.6) is 17.2 Å². The second-order valence-electron chi connectivity index (χ2n) is 7.78. The van der Waals surface area contributed by atoms with Crippen LogP contribution in [-0.2, 0) is 26.0 Å². The average molecular weight is 443 g/mol. The monoisotopic (exact) mass is 442 g/mol. The number of aromatic nitrogens is 2. The Labute approximate surface area is 195 Å². The van der Waals surface area contributed by atoms with Crippen LogP contribution < -0.4 is 14.2 Å². The first kappa shape index (κ1) is 22.5. The number of para-hydroxylation sites is 2. The van der Waals surface area contributed by atoms with E-state index in [1.165, 1.54) is 5.56 Å². The van der Waals surface area contributed by atoms with Crippen LogP contribution in [0.4, 0.5) is 0 Å². The van der Waals surface area contributed by atoms with Crippen molar-refractivity contribution in [2.24, 2.45) is 0 Å². The van der Waals surface area contributed by atoms with Gasteiger partial charge in [0.2, 0.25) is 0 Å². The first-order valence-corrected chi connectivity index (χ1v) is 11.3. The van der Waals surface area contributed by atoms with Crippen molar-refractivity contribution in [3.05, 3.63) is 96.3 Å². The molecule has 1 heterocycles. The van der Waals surface area contributed by atoms with Gasteiger partial charge in [0, 0.05) is 0 Å². The predicted molar refractivity (Wildman–Crippen MR) is 132 cm³/mol. The summed E-state index contributed by atoms with van der Waals surface area (Å²) in [5, 5.41) is 0. The molecule has 0 aliphatic carbocycles. The molecule has 5 heteroatoms. The molecule has 0 fully saturated rings. The summed E-state index contributed by atoms with van der Waals surface area (Å²) in [7, 11) is 1.65. The Balaban J connectivity index is 1.49. The van der Waals surface area contributed by atoms with Crippen LogP contribution >= 0.6 is 0 Å². The third-order valence-electron chi connectivity index (χ3n) is 5.61. The zero-order valence-corrected chi connectivity index (χ0v) is 19.3. The molecule has 0 unspecified atom stereocenters. The van der Waals surface area contributed by atoms with Gasteiger partial charge in [-0.15, -0.1) is 6.58 Å². The van der Waals surface area contributed by atoms with E-state index >= 15 is 0 Å². The van der Waals surface area contributed by atoms with Crippen molar-refractivity contribution in [3.63, 3.8) is 0 Å². The zero-order valence-electron chi connectivity index (χ0n) is 19.3. The number of allylic oxidation sites excluding steroid dienone is 1. The Hall–Kier alpha value is -3.73. The molecule has 3 aromatic carbocycles. The minimum Gasteiger partial charge on any atom is -0.493 e. The molecule has 170 valence electrons. The van der Waals surface area contributed by atoms with Crippen LogP contribution in [0.3, 0.4) is 0 Å². The minimum absolute atomic E-state index is 0.330. The topological polar surface area (TPSA) is 45.5 Å². The van der Waals surface area contributed by atoms with E-state index in [0.717, 1.165) is 41.0 Å². The summed E-state index contributed by atoms with van der Waals surface area (Å²) in [5.74, 6) is 3.11. The van der Waals surface area contributed by atoms with Crippen molar-refractivity contribution >= 4 is 11.0 Å². The van der Waals surface area contributed by atoms with E-state index < -0.39 is 0 Å². The quantitative estimate of drug-likeness (QED) is 0.268. The highest BCUT2D eigenvalue weighted by molar-refractivity contribution is 5.75. The second-order valence-corrected chi connectivity index (χ2v) is 7.78. The normalized spacial score (nSPS) is 10.8. The van der Waals surface area contributed by atoms with Gasteiger partial charge in [-0.1, -0.05) is 43.3 Å². The first-order chi connectivity index (χ1) is 16.2. The highest BCUT2D eigenvalue weighted by Gasteiger charge is 2.13. The number of hydrogen-bond donors (Lipinski definition) is 0. The number of nitrogens with zero attached hydrogens (tertiary/aromatic N) is 2. The van der Waals surface area contributed by atoms with E-state index in [9.17, 15) is 0 Å². The fourth-order valence-electron chi connectivity index (χ4n) is 3.83. The molecule has 0 spiro atoms. The van der Waals surface area contributed by atoms with Crippen molar-refractivity contribution < 1.29 is 14.2 Å². The third kappa shape index (κ3) is 5.37. The number of methoxy groups -OCH3 is 1. The van der Waals surface area contributed by atoms with Crippen LogP contribution in [0.15, 0.2) is 79.4 Å². The molecule has 0 N–H and O–H groups in total. The maximum absolute atomic E-state index is 6.13. The summed E-state index contributed by atoms with van der Waals surface area (Å²) in [5.41, 5.74) is 4.44. The molecule has 0 aliphatic rings. The van der Waals surface area contributed by atoms with Gasteiger partial charge >= 0.3 is 0 Å². The third-order valence-corrected chi connectivity index (χ3v) is 5.61. The number of fused-ring (bicyclic) bond motifs is 1. The molecule has 0 radical (unpaired) electrons. The maximum Gasteiger partial charge on any atom is 0.161 e. The number of benzene rings is 3. The molecule has 0 atom stereocenters. The summed E-state index contributed by atoms with van der Waals surface area (Å²) < 4.78 is 19.8. The molecule has 33 heavy (non-hydrogen) atoms. The number of ether oxygens (including phenoxy) is 3. The minimum atomic E-state index is 0.330. The number of hydrogen-bond acceptors (Lipinski definition) is 4. The Morgan fingerprint density at radius 1 is 0.939 bits per heavy atom. The van der Waals surface area contributed by atoms with Gasteiger partial charge in [-0.25, -0.2) is 4.98 Å². The molecule has 0 bridgehead atoms. The fraction of sp³-hybridized carbons (Fsp3) is 0.250. The summed E-state index contributed by atoms with van der Waals surface area (Å²) in [6.45, 7) is 7.49. The van der Waals surface area contributed by atoms with Gasteiger partial charge in [-0.2, -0.15) is 0 Å². The fourth-order valence-corrected chi connectivity index (χ4v) is 3.83. The van der Waals surface area contributed by atoms with Gasteiger partial charge in [0.25, 0.3) is 0 Å². The van der Waals surface area contributed by atoms with Crippen molar-refractivity contribution in [2.75, 3.05) is 13.7 Å². The van der Waals surface area contributed by atoms with E-state index in [4.69, 9.17) is 19.2 Å². The second kappa shape index (κ2) is 10.7. The predicted octanol–water partition coefficient (Wildman–Crippen LogP) is 5.99. The number of aryl methyl sites for hydroxylation is 1. The van der Waals surface area contributed by atoms with Crippen molar-refractivity contribution in [2.45, 2.75) is 32.9 Å². The lowest BCUT2D eigenvalue weighted by atomic mass is 10.1. The van der Waals surface area contributed by atoms with Gasteiger partial charge in [0.05, 0.1) is 24.7 Å². The molecule has 0 amide bonds. The van der Waals surface area contributed by atoms with Crippen LogP contribution in [-0.4, -0.2) is 23.3 Å². The summed E-state index contributed by atoms with van der Waals surface area (Å²) >= 11 is 0. The molecule has 0 saturated carbocycles. The van der Waals surface area contributed by atoms with Crippen molar-refractivity contribution in [1.29, 1.82) is 0 Å². The lowest BCUT2D eigenvalue weighted by Gasteiger charge is -2.14. The highest BCUT2D eigenvalue weighted by Crippen LogP contribution is 2.29. The van der Waals surface area contributed by atoms with E-state index in [1.807, 2.05) is 54.6 Å². The summed E-state index contributed by atoms with van der Waals surface area (Å²) in [4.78, 5) is 4.81. The Bertz CT molecular complexity index is 1210. The smallest absolute Gasteiger partial charge is 0.161 e. The first-order valence-electron chi connectivity index (χ1n) is 11.3. The number of rotatable bonds is 11. The molecule has 0 aliphatic heterocycles. The van der Waals surface area contributed by atoms with Gasteiger partial charge in [0.1, 0.15) is 24.8 Å². The Morgan fingerprint density at radius 3 is 2.48 bits per heavy atom. The lowest BCUT2D eigenvalue weighted by molar-refractivity contribution is 0.261. The van der Waals surface area contributed by atoms with Crippen LogP contribution in [0, 0.1) is 0 Å². The van der Waals surface area contributed by atoms with Gasteiger partial charge in [-0.05, 0) is 60.4 Å². The van der Waals surface area contributed by atoms with E-state index in [2.05, 4.69) is 36.3 Å². The molecule has 5 nitrogen and oxygen atoms in total. The van der Waals surface area contributed by atoms with E-state index in [-0.39, 0.29) is 0 Å². The van der Waals surface area contributed by atoms with Gasteiger partial charge < -0.3 is 18.8 Å².